The van der Waals surface area contributed by atoms with Gasteiger partial charge in [0.25, 0.3) is 0 Å². The van der Waals surface area contributed by atoms with Gasteiger partial charge < -0.3 is 9.73 Å². The highest BCUT2D eigenvalue weighted by atomic mass is 35.5. The molecule has 0 atom stereocenters. The zero-order valence-corrected chi connectivity index (χ0v) is 11.2. The van der Waals surface area contributed by atoms with Gasteiger partial charge in [-0.2, -0.15) is 0 Å². The van der Waals surface area contributed by atoms with Crippen molar-refractivity contribution in [3.63, 3.8) is 0 Å². The van der Waals surface area contributed by atoms with E-state index in [1.165, 1.54) is 0 Å². The van der Waals surface area contributed by atoms with Gasteiger partial charge in [-0.05, 0) is 12.1 Å². The van der Waals surface area contributed by atoms with Crippen molar-refractivity contribution in [1.29, 1.82) is 0 Å². The van der Waals surface area contributed by atoms with Crippen LogP contribution in [0.2, 0.25) is 15.1 Å². The second-order valence-electron chi connectivity index (χ2n) is 3.00. The summed E-state index contributed by atoms with van der Waals surface area (Å²) in [6, 6.07) is 3.26. The predicted molar refractivity (Wildman–Crippen MR) is 68.6 cm³/mol. The van der Waals surface area contributed by atoms with Crippen molar-refractivity contribution in [2.75, 3.05) is 5.32 Å². The molecule has 0 fully saturated rings. The third kappa shape index (κ3) is 2.96. The number of hydrogen-bond donors (Lipinski definition) is 1. The van der Waals surface area contributed by atoms with Crippen molar-refractivity contribution in [2.45, 2.75) is 5.88 Å². The number of alkyl halides is 1. The van der Waals surface area contributed by atoms with Crippen LogP contribution in [0.3, 0.4) is 0 Å². The molecular formula is C9H5Cl4N3O. The lowest BCUT2D eigenvalue weighted by Gasteiger charge is -2.06. The molecule has 0 bridgehead atoms. The van der Waals surface area contributed by atoms with E-state index in [-0.39, 0.29) is 11.9 Å². The summed E-state index contributed by atoms with van der Waals surface area (Å²) in [6.07, 6.45) is 0. The van der Waals surface area contributed by atoms with Crippen LogP contribution >= 0.6 is 46.4 Å². The highest BCUT2D eigenvalue weighted by molar-refractivity contribution is 6.41. The van der Waals surface area contributed by atoms with E-state index in [0.29, 0.717) is 26.6 Å². The smallest absolute Gasteiger partial charge is 0.320 e. The first-order chi connectivity index (χ1) is 8.10. The summed E-state index contributed by atoms with van der Waals surface area (Å²) in [4.78, 5) is 0. The average Bonchev–Trinajstić information content (AvgIpc) is 2.71. The molecule has 1 N–H and O–H groups in total. The van der Waals surface area contributed by atoms with Gasteiger partial charge in [0.2, 0.25) is 5.89 Å². The first-order valence-electron chi connectivity index (χ1n) is 4.40. The molecule has 0 aliphatic rings. The number of rotatable bonds is 3. The van der Waals surface area contributed by atoms with Crippen LogP contribution in [0.4, 0.5) is 11.7 Å². The van der Waals surface area contributed by atoms with Crippen LogP contribution in [0.15, 0.2) is 16.5 Å². The molecule has 1 aromatic heterocycles. The van der Waals surface area contributed by atoms with E-state index in [4.69, 9.17) is 50.8 Å². The maximum atomic E-state index is 5.98. The summed E-state index contributed by atoms with van der Waals surface area (Å²) in [5.74, 6) is 0.437. The van der Waals surface area contributed by atoms with Crippen molar-refractivity contribution < 1.29 is 4.42 Å². The largest absolute Gasteiger partial charge is 0.407 e. The van der Waals surface area contributed by atoms with Crippen LogP contribution < -0.4 is 5.32 Å². The number of benzene rings is 1. The molecule has 0 aliphatic heterocycles. The van der Waals surface area contributed by atoms with Gasteiger partial charge in [0.15, 0.2) is 0 Å². The van der Waals surface area contributed by atoms with Gasteiger partial charge in [-0.25, -0.2) is 0 Å². The van der Waals surface area contributed by atoms with Crippen LogP contribution in [0.1, 0.15) is 5.89 Å². The summed E-state index contributed by atoms with van der Waals surface area (Å²) < 4.78 is 5.16. The molecule has 0 radical (unpaired) electrons. The van der Waals surface area contributed by atoms with E-state index in [2.05, 4.69) is 15.5 Å². The molecule has 0 unspecified atom stereocenters. The third-order valence-corrected chi connectivity index (χ3v) is 2.86. The number of nitrogens with one attached hydrogen (secondary N) is 1. The summed E-state index contributed by atoms with van der Waals surface area (Å²) in [7, 11) is 0. The standard InChI is InChI=1S/C9H5Cl4N3O/c10-3-7-15-16-9(17-7)14-8-5(12)1-4(11)2-6(8)13/h1-2H,3H2,(H,14,16). The first-order valence-corrected chi connectivity index (χ1v) is 6.07. The van der Waals surface area contributed by atoms with Crippen LogP contribution in [0.25, 0.3) is 0 Å². The molecule has 0 spiro atoms. The van der Waals surface area contributed by atoms with E-state index in [0.717, 1.165) is 0 Å². The fraction of sp³-hybridized carbons (Fsp3) is 0.111. The number of aromatic nitrogens is 2. The topological polar surface area (TPSA) is 51.0 Å². The first kappa shape index (κ1) is 12.8. The molecule has 17 heavy (non-hydrogen) atoms. The van der Waals surface area contributed by atoms with Crippen molar-refractivity contribution >= 4 is 58.1 Å². The van der Waals surface area contributed by atoms with Crippen LogP contribution in [-0.4, -0.2) is 10.2 Å². The highest BCUT2D eigenvalue weighted by Gasteiger charge is 2.11. The number of nitrogens with zero attached hydrogens (tertiary/aromatic N) is 2. The Morgan fingerprint density at radius 3 is 2.29 bits per heavy atom. The Hall–Kier alpha value is -0.680. The van der Waals surface area contributed by atoms with Crippen molar-refractivity contribution in [2.24, 2.45) is 0 Å². The van der Waals surface area contributed by atoms with E-state index in [1.807, 2.05) is 0 Å². The Bertz CT molecular complexity index is 520. The van der Waals surface area contributed by atoms with E-state index in [9.17, 15) is 0 Å². The van der Waals surface area contributed by atoms with Crippen LogP contribution in [0, 0.1) is 0 Å². The Morgan fingerprint density at radius 1 is 1.12 bits per heavy atom. The lowest BCUT2D eigenvalue weighted by Crippen LogP contribution is -1.92. The van der Waals surface area contributed by atoms with Gasteiger partial charge in [0.05, 0.1) is 15.7 Å². The summed E-state index contributed by atoms with van der Waals surface area (Å²) >= 11 is 23.3. The highest BCUT2D eigenvalue weighted by Crippen LogP contribution is 2.35. The Balaban J connectivity index is 2.29. The Labute approximate surface area is 117 Å². The quantitative estimate of drug-likeness (QED) is 0.847. The second-order valence-corrected chi connectivity index (χ2v) is 4.52. The summed E-state index contributed by atoms with van der Waals surface area (Å²) in [5, 5.41) is 11.4. The minimum absolute atomic E-state index is 0.136. The van der Waals surface area contributed by atoms with Gasteiger partial charge in [0, 0.05) is 5.02 Å². The number of anilines is 2. The minimum Gasteiger partial charge on any atom is -0.407 e. The summed E-state index contributed by atoms with van der Waals surface area (Å²) in [5.41, 5.74) is 0.447. The van der Waals surface area contributed by atoms with Gasteiger partial charge in [-0.15, -0.1) is 16.7 Å². The molecule has 90 valence electrons. The molecule has 2 rings (SSSR count). The third-order valence-electron chi connectivity index (χ3n) is 1.82. The Kier molecular flexibility index (Phi) is 3.99. The minimum atomic E-state index is 0.136. The molecular weight excluding hydrogens is 308 g/mol. The predicted octanol–water partition coefficient (Wildman–Crippen LogP) is 4.51. The zero-order valence-electron chi connectivity index (χ0n) is 8.18. The Morgan fingerprint density at radius 2 is 1.76 bits per heavy atom. The van der Waals surface area contributed by atoms with Gasteiger partial charge in [-0.3, -0.25) is 0 Å². The molecule has 0 saturated carbocycles. The SMILES string of the molecule is ClCc1nnc(Nc2c(Cl)cc(Cl)cc2Cl)o1. The maximum Gasteiger partial charge on any atom is 0.320 e. The summed E-state index contributed by atoms with van der Waals surface area (Å²) in [6.45, 7) is 0. The molecule has 0 aliphatic carbocycles. The maximum absolute atomic E-state index is 5.98. The monoisotopic (exact) mass is 311 g/mol. The molecule has 8 heteroatoms. The second kappa shape index (κ2) is 5.31. The molecule has 4 nitrogen and oxygen atoms in total. The van der Waals surface area contributed by atoms with Gasteiger partial charge in [0.1, 0.15) is 5.88 Å². The van der Waals surface area contributed by atoms with Crippen molar-refractivity contribution in [3.8, 4) is 0 Å². The van der Waals surface area contributed by atoms with Crippen LogP contribution in [-0.2, 0) is 5.88 Å². The fourth-order valence-electron chi connectivity index (χ4n) is 1.13. The molecule has 1 aromatic carbocycles. The van der Waals surface area contributed by atoms with E-state index in [1.54, 1.807) is 12.1 Å². The molecule has 0 amide bonds. The van der Waals surface area contributed by atoms with Crippen LogP contribution in [0.5, 0.6) is 0 Å². The molecule has 2 aromatic rings. The van der Waals surface area contributed by atoms with Crippen molar-refractivity contribution in [1.82, 2.24) is 10.2 Å². The number of hydrogen-bond acceptors (Lipinski definition) is 4. The molecule has 0 saturated heterocycles. The average molecular weight is 313 g/mol. The molecule has 1 heterocycles. The van der Waals surface area contributed by atoms with E-state index >= 15 is 0 Å². The van der Waals surface area contributed by atoms with Gasteiger partial charge >= 0.3 is 6.01 Å². The zero-order chi connectivity index (χ0) is 12.4. The lowest BCUT2D eigenvalue weighted by molar-refractivity contribution is 0.530. The van der Waals surface area contributed by atoms with Gasteiger partial charge in [-0.1, -0.05) is 39.9 Å². The number of halogens is 4. The lowest BCUT2D eigenvalue weighted by atomic mass is 10.3. The fourth-order valence-corrected chi connectivity index (χ4v) is 2.15. The normalized spacial score (nSPS) is 10.6. The van der Waals surface area contributed by atoms with E-state index < -0.39 is 0 Å². The van der Waals surface area contributed by atoms with Crippen molar-refractivity contribution in [3.05, 3.63) is 33.1 Å².